The summed E-state index contributed by atoms with van der Waals surface area (Å²) in [7, 11) is 0. The third kappa shape index (κ3) is 4.41. The van der Waals surface area contributed by atoms with Crippen molar-refractivity contribution < 1.29 is 4.79 Å². The van der Waals surface area contributed by atoms with Gasteiger partial charge in [-0.3, -0.25) is 4.79 Å². The Kier molecular flexibility index (Phi) is 6.17. The lowest BCUT2D eigenvalue weighted by atomic mass is 10.2. The maximum absolute atomic E-state index is 12.2. The van der Waals surface area contributed by atoms with Crippen molar-refractivity contribution in [3.8, 4) is 0 Å². The minimum atomic E-state index is 0. The van der Waals surface area contributed by atoms with Gasteiger partial charge in [0.15, 0.2) is 0 Å². The first-order valence-electron chi connectivity index (χ1n) is 6.38. The highest BCUT2D eigenvalue weighted by molar-refractivity contribution is 7.99. The summed E-state index contributed by atoms with van der Waals surface area (Å²) < 4.78 is 0. The molecule has 2 N–H and O–H groups in total. The van der Waals surface area contributed by atoms with Gasteiger partial charge in [0, 0.05) is 34.8 Å². The molecule has 0 unspecified atom stereocenters. The van der Waals surface area contributed by atoms with Crippen LogP contribution in [0.15, 0.2) is 29.2 Å². The fourth-order valence-electron chi connectivity index (χ4n) is 2.10. The lowest BCUT2D eigenvalue weighted by Crippen LogP contribution is -2.31. The highest BCUT2D eigenvalue weighted by Gasteiger charge is 2.24. The van der Waals surface area contributed by atoms with Crippen molar-refractivity contribution in [3.05, 3.63) is 29.8 Å². The number of hydrogen-bond acceptors (Lipinski definition) is 3. The lowest BCUT2D eigenvalue weighted by Gasteiger charge is -2.16. The average Bonchev–Trinajstić information content (AvgIpc) is 2.75. The second-order valence-electron chi connectivity index (χ2n) is 4.99. The third-order valence-electron chi connectivity index (χ3n) is 2.98. The fourth-order valence-corrected chi connectivity index (χ4v) is 2.94. The van der Waals surface area contributed by atoms with Gasteiger partial charge in [-0.1, -0.05) is 13.8 Å². The number of carbonyl (C=O) groups is 1. The average molecular weight is 301 g/mol. The van der Waals surface area contributed by atoms with E-state index in [1.54, 1.807) is 11.8 Å². The molecular weight excluding hydrogens is 280 g/mol. The molecule has 0 aromatic heterocycles. The van der Waals surface area contributed by atoms with E-state index in [9.17, 15) is 4.79 Å². The van der Waals surface area contributed by atoms with Crippen LogP contribution in [0.1, 0.15) is 30.6 Å². The first-order chi connectivity index (χ1) is 8.56. The molecular formula is C14H21ClN2OS. The Balaban J connectivity index is 0.00000180. The summed E-state index contributed by atoms with van der Waals surface area (Å²) in [5.41, 5.74) is 6.58. The predicted molar refractivity (Wildman–Crippen MR) is 83.2 cm³/mol. The van der Waals surface area contributed by atoms with E-state index in [-0.39, 0.29) is 24.4 Å². The number of thioether (sulfide) groups is 1. The van der Waals surface area contributed by atoms with E-state index in [4.69, 9.17) is 5.73 Å². The summed E-state index contributed by atoms with van der Waals surface area (Å²) in [6.07, 6.45) is 0.910. The molecule has 1 saturated heterocycles. The molecule has 3 nitrogen and oxygen atoms in total. The molecule has 0 aliphatic carbocycles. The second-order valence-corrected chi connectivity index (χ2v) is 6.64. The van der Waals surface area contributed by atoms with E-state index < -0.39 is 0 Å². The number of benzene rings is 1. The quantitative estimate of drug-likeness (QED) is 0.873. The summed E-state index contributed by atoms with van der Waals surface area (Å²) in [5.74, 6) is 0.101. The van der Waals surface area contributed by atoms with Gasteiger partial charge in [-0.2, -0.15) is 0 Å². The van der Waals surface area contributed by atoms with Crippen LogP contribution in [0.5, 0.6) is 0 Å². The van der Waals surface area contributed by atoms with Gasteiger partial charge in [0.1, 0.15) is 0 Å². The van der Waals surface area contributed by atoms with Crippen LogP contribution in [0.4, 0.5) is 0 Å². The number of amides is 1. The standard InChI is InChI=1S/C14H20N2OS.ClH/c1-10(2)18-13-5-3-11(4-6-13)14(17)16-8-7-12(15)9-16;/h3-6,10,12H,7-9,15H2,1-2H3;1H/t12-;/m1./s1. The van der Waals surface area contributed by atoms with Crippen LogP contribution in [0.2, 0.25) is 0 Å². The van der Waals surface area contributed by atoms with E-state index in [1.165, 1.54) is 4.90 Å². The highest BCUT2D eigenvalue weighted by Crippen LogP contribution is 2.23. The lowest BCUT2D eigenvalue weighted by molar-refractivity contribution is 0.0791. The Morgan fingerprint density at radius 1 is 1.37 bits per heavy atom. The largest absolute Gasteiger partial charge is 0.337 e. The van der Waals surface area contributed by atoms with Crippen LogP contribution in [0.3, 0.4) is 0 Å². The molecule has 1 aliphatic heterocycles. The normalized spacial score (nSPS) is 18.5. The Bertz CT molecular complexity index is 422. The number of rotatable bonds is 3. The van der Waals surface area contributed by atoms with Gasteiger partial charge in [-0.15, -0.1) is 24.2 Å². The van der Waals surface area contributed by atoms with Gasteiger partial charge in [0.2, 0.25) is 0 Å². The van der Waals surface area contributed by atoms with Crippen LogP contribution >= 0.6 is 24.2 Å². The number of carbonyl (C=O) groups excluding carboxylic acids is 1. The van der Waals surface area contributed by atoms with Crippen LogP contribution in [0.25, 0.3) is 0 Å². The van der Waals surface area contributed by atoms with Crippen molar-refractivity contribution in [3.63, 3.8) is 0 Å². The highest BCUT2D eigenvalue weighted by atomic mass is 35.5. The van der Waals surface area contributed by atoms with Gasteiger partial charge in [-0.05, 0) is 30.7 Å². The van der Waals surface area contributed by atoms with Crippen molar-refractivity contribution in [2.75, 3.05) is 13.1 Å². The van der Waals surface area contributed by atoms with E-state index in [0.29, 0.717) is 11.8 Å². The number of halogens is 1. The van der Waals surface area contributed by atoms with Crippen LogP contribution < -0.4 is 5.73 Å². The van der Waals surface area contributed by atoms with Crippen molar-refractivity contribution in [1.29, 1.82) is 0 Å². The molecule has 1 aliphatic rings. The third-order valence-corrected chi connectivity index (χ3v) is 4.00. The number of hydrogen-bond donors (Lipinski definition) is 1. The minimum absolute atomic E-state index is 0. The number of likely N-dealkylation sites (tertiary alicyclic amines) is 1. The molecule has 106 valence electrons. The smallest absolute Gasteiger partial charge is 0.253 e. The SMILES string of the molecule is CC(C)Sc1ccc(C(=O)N2CC[C@@H](N)C2)cc1.Cl. The molecule has 1 aromatic rings. The summed E-state index contributed by atoms with van der Waals surface area (Å²) in [5, 5.41) is 0.558. The van der Waals surface area contributed by atoms with Crippen molar-refractivity contribution in [2.24, 2.45) is 5.73 Å². The molecule has 0 bridgehead atoms. The summed E-state index contributed by atoms with van der Waals surface area (Å²) in [6, 6.07) is 8.01. The molecule has 1 amide bonds. The monoisotopic (exact) mass is 300 g/mol. The summed E-state index contributed by atoms with van der Waals surface area (Å²) in [6.45, 7) is 5.79. The number of nitrogens with zero attached hydrogens (tertiary/aromatic N) is 1. The Morgan fingerprint density at radius 3 is 2.47 bits per heavy atom. The minimum Gasteiger partial charge on any atom is -0.337 e. The van der Waals surface area contributed by atoms with E-state index in [0.717, 1.165) is 18.5 Å². The van der Waals surface area contributed by atoms with Gasteiger partial charge >= 0.3 is 0 Å². The molecule has 5 heteroatoms. The van der Waals surface area contributed by atoms with E-state index in [2.05, 4.69) is 13.8 Å². The van der Waals surface area contributed by atoms with Gasteiger partial charge in [-0.25, -0.2) is 0 Å². The molecule has 1 fully saturated rings. The van der Waals surface area contributed by atoms with Crippen LogP contribution in [0, 0.1) is 0 Å². The molecule has 1 aromatic carbocycles. The molecule has 1 atom stereocenters. The zero-order valence-corrected chi connectivity index (χ0v) is 13.0. The molecule has 2 rings (SSSR count). The summed E-state index contributed by atoms with van der Waals surface area (Å²) in [4.78, 5) is 15.2. The fraction of sp³-hybridized carbons (Fsp3) is 0.500. The van der Waals surface area contributed by atoms with Crippen LogP contribution in [-0.2, 0) is 0 Å². The summed E-state index contributed by atoms with van der Waals surface area (Å²) >= 11 is 1.81. The molecule has 0 saturated carbocycles. The van der Waals surface area contributed by atoms with Gasteiger partial charge in [0.25, 0.3) is 5.91 Å². The Morgan fingerprint density at radius 2 is 2.00 bits per heavy atom. The Labute approximate surface area is 125 Å². The molecule has 0 spiro atoms. The predicted octanol–water partition coefficient (Wildman–Crippen LogP) is 2.78. The first kappa shape index (κ1) is 16.3. The van der Waals surface area contributed by atoms with Gasteiger partial charge in [0.05, 0.1) is 0 Å². The van der Waals surface area contributed by atoms with E-state index >= 15 is 0 Å². The Hall–Kier alpha value is -0.710. The molecule has 1 heterocycles. The van der Waals surface area contributed by atoms with Crippen molar-refractivity contribution >= 4 is 30.1 Å². The van der Waals surface area contributed by atoms with Gasteiger partial charge < -0.3 is 10.6 Å². The first-order valence-corrected chi connectivity index (χ1v) is 7.26. The number of nitrogens with two attached hydrogens (primary N) is 1. The maximum atomic E-state index is 12.2. The molecule has 19 heavy (non-hydrogen) atoms. The van der Waals surface area contributed by atoms with Crippen LogP contribution in [-0.4, -0.2) is 35.2 Å². The second kappa shape index (κ2) is 7.17. The van der Waals surface area contributed by atoms with E-state index in [1.807, 2.05) is 29.2 Å². The zero-order chi connectivity index (χ0) is 13.1. The topological polar surface area (TPSA) is 46.3 Å². The molecule has 0 radical (unpaired) electrons. The zero-order valence-electron chi connectivity index (χ0n) is 11.3. The van der Waals surface area contributed by atoms with Crippen molar-refractivity contribution in [2.45, 2.75) is 36.5 Å². The maximum Gasteiger partial charge on any atom is 0.253 e. The van der Waals surface area contributed by atoms with Crippen molar-refractivity contribution in [1.82, 2.24) is 4.90 Å².